The van der Waals surface area contributed by atoms with E-state index in [1.54, 1.807) is 31.0 Å². The van der Waals surface area contributed by atoms with Gasteiger partial charge in [-0.15, -0.1) is 6.42 Å². The van der Waals surface area contributed by atoms with Gasteiger partial charge in [0, 0.05) is 49.4 Å². The summed E-state index contributed by atoms with van der Waals surface area (Å²) in [6.45, 7) is 4.83. The molecule has 0 aliphatic carbocycles. The Morgan fingerprint density at radius 3 is 2.40 bits per heavy atom. The standard InChI is InChI=1S/C32H35F2N3O3/c1-5-10-37(4)32(40)26-12-21(3)11-25(17-26)31(39)36-29(16-24-14-27(33)18-28(34)15-24)30(38)20-35-19-23-9-7-8-22(6-2)13-23/h2,7-9,11-15,17-18,29-30,35,38H,5,10,16,19-20H2,1,3-4H3,(H,36,39)/t29-,30+/m0/s1. The number of halogens is 2. The number of carbonyl (C=O) groups is 2. The van der Waals surface area contributed by atoms with Crippen molar-refractivity contribution >= 4 is 11.8 Å². The number of hydrogen-bond donors (Lipinski definition) is 3. The van der Waals surface area contributed by atoms with Gasteiger partial charge >= 0.3 is 0 Å². The number of amides is 2. The van der Waals surface area contributed by atoms with Crippen LogP contribution in [0.1, 0.15) is 56.3 Å². The minimum Gasteiger partial charge on any atom is -0.390 e. The molecule has 0 fully saturated rings. The van der Waals surface area contributed by atoms with Gasteiger partial charge in [0.25, 0.3) is 11.8 Å². The first-order chi connectivity index (χ1) is 19.1. The van der Waals surface area contributed by atoms with E-state index in [9.17, 15) is 23.5 Å². The average Bonchev–Trinajstić information content (AvgIpc) is 2.91. The smallest absolute Gasteiger partial charge is 0.253 e. The maximum absolute atomic E-state index is 13.9. The molecule has 3 N–H and O–H groups in total. The Hall–Kier alpha value is -4.06. The van der Waals surface area contributed by atoms with E-state index in [4.69, 9.17) is 6.42 Å². The van der Waals surface area contributed by atoms with Crippen LogP contribution in [0.3, 0.4) is 0 Å². The number of aryl methyl sites for hydroxylation is 1. The predicted molar refractivity (Wildman–Crippen MR) is 152 cm³/mol. The zero-order chi connectivity index (χ0) is 29.2. The van der Waals surface area contributed by atoms with Crippen LogP contribution in [0.4, 0.5) is 8.78 Å². The van der Waals surface area contributed by atoms with Crippen LogP contribution < -0.4 is 10.6 Å². The van der Waals surface area contributed by atoms with Crippen molar-refractivity contribution in [1.82, 2.24) is 15.5 Å². The summed E-state index contributed by atoms with van der Waals surface area (Å²) >= 11 is 0. The van der Waals surface area contributed by atoms with Crippen LogP contribution >= 0.6 is 0 Å². The fraction of sp³-hybridized carbons (Fsp3) is 0.312. The molecule has 8 heteroatoms. The van der Waals surface area contributed by atoms with E-state index in [1.165, 1.54) is 18.2 Å². The van der Waals surface area contributed by atoms with Crippen LogP contribution in [0.5, 0.6) is 0 Å². The van der Waals surface area contributed by atoms with Crippen LogP contribution in [0.25, 0.3) is 0 Å². The van der Waals surface area contributed by atoms with Crippen LogP contribution in [-0.4, -0.2) is 54.1 Å². The lowest BCUT2D eigenvalue weighted by atomic mass is 9.99. The van der Waals surface area contributed by atoms with Crippen molar-refractivity contribution in [2.75, 3.05) is 20.1 Å². The van der Waals surface area contributed by atoms with E-state index in [0.717, 1.165) is 29.2 Å². The fourth-order valence-electron chi connectivity index (χ4n) is 4.49. The van der Waals surface area contributed by atoms with E-state index in [1.807, 2.05) is 31.2 Å². The third-order valence-electron chi connectivity index (χ3n) is 6.43. The van der Waals surface area contributed by atoms with E-state index >= 15 is 0 Å². The highest BCUT2D eigenvalue weighted by Crippen LogP contribution is 2.15. The molecule has 0 radical (unpaired) electrons. The SMILES string of the molecule is C#Cc1cccc(CNC[C@@H](O)[C@H](Cc2cc(F)cc(F)c2)NC(=O)c2cc(C)cc(C(=O)N(C)CCC)c2)c1. The molecule has 3 aromatic carbocycles. The van der Waals surface area contributed by atoms with Crippen molar-refractivity contribution < 1.29 is 23.5 Å². The van der Waals surface area contributed by atoms with Crippen LogP contribution in [-0.2, 0) is 13.0 Å². The van der Waals surface area contributed by atoms with Crippen molar-refractivity contribution in [3.63, 3.8) is 0 Å². The normalized spacial score (nSPS) is 12.3. The second kappa shape index (κ2) is 14.4. The van der Waals surface area contributed by atoms with Crippen molar-refractivity contribution in [3.8, 4) is 12.3 Å². The quantitative estimate of drug-likeness (QED) is 0.297. The molecular weight excluding hydrogens is 512 g/mol. The van der Waals surface area contributed by atoms with Crippen LogP contribution in [0, 0.1) is 30.9 Å². The van der Waals surface area contributed by atoms with Gasteiger partial charge < -0.3 is 20.6 Å². The summed E-state index contributed by atoms with van der Waals surface area (Å²) in [4.78, 5) is 27.8. The number of nitrogens with one attached hydrogen (secondary N) is 2. The van der Waals surface area contributed by atoms with Gasteiger partial charge in [0.15, 0.2) is 0 Å². The average molecular weight is 548 g/mol. The number of aliphatic hydroxyl groups excluding tert-OH is 1. The molecule has 0 saturated heterocycles. The van der Waals surface area contributed by atoms with E-state index in [2.05, 4.69) is 16.6 Å². The number of carbonyl (C=O) groups excluding carboxylic acids is 2. The van der Waals surface area contributed by atoms with Gasteiger partial charge in [-0.2, -0.15) is 0 Å². The number of aliphatic hydroxyl groups is 1. The second-order valence-electron chi connectivity index (χ2n) is 9.92. The molecule has 0 spiro atoms. The summed E-state index contributed by atoms with van der Waals surface area (Å²) in [5, 5.41) is 17.0. The number of hydrogen-bond acceptors (Lipinski definition) is 4. The predicted octanol–water partition coefficient (Wildman–Crippen LogP) is 4.23. The Balaban J connectivity index is 1.79. The lowest BCUT2D eigenvalue weighted by Crippen LogP contribution is -2.48. The van der Waals surface area contributed by atoms with Gasteiger partial charge in [0.2, 0.25) is 0 Å². The largest absolute Gasteiger partial charge is 0.390 e. The lowest BCUT2D eigenvalue weighted by Gasteiger charge is -2.25. The summed E-state index contributed by atoms with van der Waals surface area (Å²) in [5.74, 6) is 0.355. The van der Waals surface area contributed by atoms with Crippen molar-refractivity contribution in [2.24, 2.45) is 0 Å². The highest BCUT2D eigenvalue weighted by Gasteiger charge is 2.24. The van der Waals surface area contributed by atoms with Gasteiger partial charge in [-0.25, -0.2) is 8.78 Å². The van der Waals surface area contributed by atoms with E-state index < -0.39 is 29.7 Å². The summed E-state index contributed by atoms with van der Waals surface area (Å²) in [6.07, 6.45) is 5.13. The molecule has 40 heavy (non-hydrogen) atoms. The van der Waals surface area contributed by atoms with Gasteiger partial charge in [0.05, 0.1) is 12.1 Å². The van der Waals surface area contributed by atoms with Crippen molar-refractivity contribution in [2.45, 2.75) is 45.4 Å². The Bertz CT molecular complexity index is 1370. The van der Waals surface area contributed by atoms with Gasteiger partial charge in [-0.05, 0) is 78.9 Å². The molecule has 0 heterocycles. The minimum absolute atomic E-state index is 0.0211. The molecule has 2 atom stereocenters. The molecule has 210 valence electrons. The molecule has 0 bridgehead atoms. The summed E-state index contributed by atoms with van der Waals surface area (Å²) in [6, 6.07) is 14.5. The van der Waals surface area contributed by atoms with Crippen LogP contribution in [0.15, 0.2) is 60.7 Å². The number of nitrogens with zero attached hydrogens (tertiary/aromatic N) is 1. The fourth-order valence-corrected chi connectivity index (χ4v) is 4.49. The molecular formula is C32H35F2N3O3. The van der Waals surface area contributed by atoms with E-state index in [0.29, 0.717) is 18.7 Å². The van der Waals surface area contributed by atoms with Crippen molar-refractivity contribution in [3.05, 3.63) is 106 Å². The Morgan fingerprint density at radius 2 is 1.73 bits per heavy atom. The monoisotopic (exact) mass is 547 g/mol. The second-order valence-corrected chi connectivity index (χ2v) is 9.92. The number of rotatable bonds is 12. The third kappa shape index (κ3) is 8.73. The topological polar surface area (TPSA) is 81.7 Å². The molecule has 0 saturated carbocycles. The highest BCUT2D eigenvalue weighted by atomic mass is 19.1. The molecule has 0 aliphatic heterocycles. The molecule has 3 aromatic rings. The first kappa shape index (κ1) is 30.5. The highest BCUT2D eigenvalue weighted by molar-refractivity contribution is 6.00. The molecule has 2 amide bonds. The summed E-state index contributed by atoms with van der Waals surface area (Å²) in [5.41, 5.74) is 3.28. The third-order valence-corrected chi connectivity index (χ3v) is 6.43. The summed E-state index contributed by atoms with van der Waals surface area (Å²) < 4.78 is 27.8. The zero-order valence-electron chi connectivity index (χ0n) is 23.0. The van der Waals surface area contributed by atoms with Gasteiger partial charge in [-0.3, -0.25) is 9.59 Å². The maximum atomic E-state index is 13.9. The minimum atomic E-state index is -1.10. The first-order valence-corrected chi connectivity index (χ1v) is 13.2. The van der Waals surface area contributed by atoms with Crippen molar-refractivity contribution in [1.29, 1.82) is 0 Å². The Kier molecular flexibility index (Phi) is 10.9. The molecule has 0 unspecified atom stereocenters. The molecule has 0 aliphatic rings. The Labute approximate surface area is 234 Å². The van der Waals surface area contributed by atoms with E-state index in [-0.39, 0.29) is 30.0 Å². The lowest BCUT2D eigenvalue weighted by molar-refractivity contribution is 0.0795. The molecule has 6 nitrogen and oxygen atoms in total. The van der Waals surface area contributed by atoms with Crippen LogP contribution in [0.2, 0.25) is 0 Å². The Morgan fingerprint density at radius 1 is 1.02 bits per heavy atom. The number of terminal acetylenes is 1. The molecule has 0 aromatic heterocycles. The summed E-state index contributed by atoms with van der Waals surface area (Å²) in [7, 11) is 1.70. The first-order valence-electron chi connectivity index (χ1n) is 13.2. The maximum Gasteiger partial charge on any atom is 0.253 e. The van der Waals surface area contributed by atoms with Gasteiger partial charge in [0.1, 0.15) is 11.6 Å². The molecule has 3 rings (SSSR count). The zero-order valence-corrected chi connectivity index (χ0v) is 23.0. The van der Waals surface area contributed by atoms with Gasteiger partial charge in [-0.1, -0.05) is 25.0 Å². The number of benzene rings is 3.